The van der Waals surface area contributed by atoms with Crippen LogP contribution in [-0.2, 0) is 0 Å². The zero-order valence-corrected chi connectivity index (χ0v) is 11.7. The lowest BCUT2D eigenvalue weighted by Gasteiger charge is -2.12. The summed E-state index contributed by atoms with van der Waals surface area (Å²) < 4.78 is 2.21. The van der Waals surface area contributed by atoms with E-state index >= 15 is 0 Å². The Balaban J connectivity index is 2.62. The highest BCUT2D eigenvalue weighted by Gasteiger charge is 2.03. The molecule has 0 radical (unpaired) electrons. The van der Waals surface area contributed by atoms with E-state index in [0.29, 0.717) is 6.54 Å². The Hall–Kier alpha value is 0.190. The molecule has 0 heterocycles. The second-order valence-electron chi connectivity index (χ2n) is 3.07. The van der Waals surface area contributed by atoms with Crippen LogP contribution < -0.4 is 5.32 Å². The molecule has 0 aliphatic rings. The summed E-state index contributed by atoms with van der Waals surface area (Å²) in [4.78, 5) is 0. The maximum absolute atomic E-state index is 9.40. The van der Waals surface area contributed by atoms with Crippen LogP contribution in [0.4, 0.5) is 5.69 Å². The summed E-state index contributed by atoms with van der Waals surface area (Å²) in [5.74, 6) is 0. The van der Waals surface area contributed by atoms with Crippen LogP contribution in [0, 0.1) is 3.57 Å². The summed E-state index contributed by atoms with van der Waals surface area (Å²) in [6, 6.07) is 6.08. The van der Waals surface area contributed by atoms with Crippen molar-refractivity contribution >= 4 is 44.2 Å². The largest absolute Gasteiger partial charge is 0.391 e. The predicted molar refractivity (Wildman–Crippen MR) is 71.6 cm³/mol. The van der Waals surface area contributed by atoms with E-state index in [1.54, 1.807) is 0 Å². The van der Waals surface area contributed by atoms with Crippen LogP contribution in [0.15, 0.2) is 22.7 Å². The third kappa shape index (κ3) is 3.74. The highest BCUT2D eigenvalue weighted by atomic mass is 127. The fourth-order valence-electron chi connectivity index (χ4n) is 1.01. The van der Waals surface area contributed by atoms with E-state index < -0.39 is 0 Å². The van der Waals surface area contributed by atoms with Gasteiger partial charge in [0.15, 0.2) is 0 Å². The normalized spacial score (nSPS) is 12.6. The minimum atomic E-state index is -0.278. The van der Waals surface area contributed by atoms with Gasteiger partial charge in [0.1, 0.15) is 0 Å². The number of hydrogen-bond donors (Lipinski definition) is 2. The molecule has 14 heavy (non-hydrogen) atoms. The lowest BCUT2D eigenvalue weighted by molar-refractivity contribution is 0.183. The Bertz CT molecular complexity index is 306. The van der Waals surface area contributed by atoms with Crippen molar-refractivity contribution in [3.05, 3.63) is 26.2 Å². The van der Waals surface area contributed by atoms with Crippen molar-refractivity contribution in [3.8, 4) is 0 Å². The quantitative estimate of drug-likeness (QED) is 0.798. The summed E-state index contributed by atoms with van der Waals surface area (Å²) in [5, 5.41) is 12.6. The van der Waals surface area contributed by atoms with Crippen LogP contribution in [0.2, 0.25) is 0 Å². The number of nitrogens with one attached hydrogen (secondary N) is 1. The van der Waals surface area contributed by atoms with E-state index in [9.17, 15) is 5.11 Å². The van der Waals surface area contributed by atoms with Crippen LogP contribution in [0.3, 0.4) is 0 Å². The topological polar surface area (TPSA) is 32.3 Å². The van der Waals surface area contributed by atoms with Crippen molar-refractivity contribution in [1.29, 1.82) is 0 Å². The SMILES string of the molecule is CCC(O)CNc1cc(I)ccc1Br. The molecule has 0 aromatic heterocycles. The van der Waals surface area contributed by atoms with Crippen molar-refractivity contribution in [1.82, 2.24) is 0 Å². The van der Waals surface area contributed by atoms with Gasteiger partial charge in [-0.05, 0) is 63.1 Å². The molecule has 1 atom stereocenters. The van der Waals surface area contributed by atoms with Crippen molar-refractivity contribution in [2.45, 2.75) is 19.4 Å². The molecule has 0 aliphatic heterocycles. The fourth-order valence-corrected chi connectivity index (χ4v) is 1.88. The average molecular weight is 370 g/mol. The molecule has 1 unspecified atom stereocenters. The number of anilines is 1. The maximum atomic E-state index is 9.40. The molecule has 2 N–H and O–H groups in total. The minimum absolute atomic E-state index is 0.278. The molecule has 78 valence electrons. The molecule has 0 spiro atoms. The summed E-state index contributed by atoms with van der Waals surface area (Å²) in [6.07, 6.45) is 0.494. The van der Waals surface area contributed by atoms with Crippen molar-refractivity contribution in [2.24, 2.45) is 0 Å². The smallest absolute Gasteiger partial charge is 0.0709 e. The monoisotopic (exact) mass is 369 g/mol. The van der Waals surface area contributed by atoms with Crippen LogP contribution in [-0.4, -0.2) is 17.8 Å². The molecule has 1 aromatic carbocycles. The molecule has 0 saturated carbocycles. The van der Waals surface area contributed by atoms with Crippen LogP contribution in [0.25, 0.3) is 0 Å². The Morgan fingerprint density at radius 1 is 1.57 bits per heavy atom. The number of hydrogen-bond acceptors (Lipinski definition) is 2. The second-order valence-corrected chi connectivity index (χ2v) is 5.17. The van der Waals surface area contributed by atoms with E-state index in [-0.39, 0.29) is 6.10 Å². The Labute approximate surface area is 106 Å². The van der Waals surface area contributed by atoms with Crippen molar-refractivity contribution < 1.29 is 5.11 Å². The molecule has 2 nitrogen and oxygen atoms in total. The summed E-state index contributed by atoms with van der Waals surface area (Å²) >= 11 is 5.72. The van der Waals surface area contributed by atoms with Gasteiger partial charge in [-0.3, -0.25) is 0 Å². The first-order valence-corrected chi connectivity index (χ1v) is 6.37. The average Bonchev–Trinajstić information content (AvgIpc) is 2.19. The standard InChI is InChI=1S/C10H13BrINO/c1-2-8(14)6-13-10-5-7(12)3-4-9(10)11/h3-5,8,13-14H,2,6H2,1H3. The van der Waals surface area contributed by atoms with E-state index in [0.717, 1.165) is 16.6 Å². The number of benzene rings is 1. The maximum Gasteiger partial charge on any atom is 0.0709 e. The van der Waals surface area contributed by atoms with E-state index in [1.165, 1.54) is 3.57 Å². The first-order valence-electron chi connectivity index (χ1n) is 4.50. The van der Waals surface area contributed by atoms with Crippen LogP contribution >= 0.6 is 38.5 Å². The number of halogens is 2. The Morgan fingerprint density at radius 3 is 2.93 bits per heavy atom. The molecule has 1 rings (SSSR count). The molecule has 0 saturated heterocycles. The van der Waals surface area contributed by atoms with Gasteiger partial charge in [-0.2, -0.15) is 0 Å². The molecule has 0 bridgehead atoms. The predicted octanol–water partition coefficient (Wildman–Crippen LogP) is 3.24. The van der Waals surface area contributed by atoms with Gasteiger partial charge in [0.05, 0.1) is 6.10 Å². The lowest BCUT2D eigenvalue weighted by Crippen LogP contribution is -2.18. The zero-order chi connectivity index (χ0) is 10.6. The van der Waals surface area contributed by atoms with Crippen LogP contribution in [0.1, 0.15) is 13.3 Å². The molecule has 4 heteroatoms. The highest BCUT2D eigenvalue weighted by molar-refractivity contribution is 14.1. The molecule has 0 amide bonds. The Kier molecular flexibility index (Phi) is 5.19. The van der Waals surface area contributed by atoms with E-state index in [2.05, 4.69) is 43.8 Å². The van der Waals surface area contributed by atoms with Gasteiger partial charge in [-0.25, -0.2) is 0 Å². The van der Waals surface area contributed by atoms with Gasteiger partial charge < -0.3 is 10.4 Å². The number of aliphatic hydroxyl groups is 1. The van der Waals surface area contributed by atoms with Gasteiger partial charge in [0.2, 0.25) is 0 Å². The van der Waals surface area contributed by atoms with Gasteiger partial charge in [-0.15, -0.1) is 0 Å². The van der Waals surface area contributed by atoms with Gasteiger partial charge in [0, 0.05) is 20.3 Å². The zero-order valence-electron chi connectivity index (χ0n) is 7.93. The highest BCUT2D eigenvalue weighted by Crippen LogP contribution is 2.24. The molecule has 0 fully saturated rings. The Morgan fingerprint density at radius 2 is 2.29 bits per heavy atom. The van der Waals surface area contributed by atoms with Crippen molar-refractivity contribution in [3.63, 3.8) is 0 Å². The summed E-state index contributed by atoms with van der Waals surface area (Å²) in [7, 11) is 0. The molecular formula is C10H13BrINO. The number of aliphatic hydroxyl groups excluding tert-OH is 1. The van der Waals surface area contributed by atoms with E-state index in [1.807, 2.05) is 25.1 Å². The van der Waals surface area contributed by atoms with Crippen molar-refractivity contribution in [2.75, 3.05) is 11.9 Å². The summed E-state index contributed by atoms with van der Waals surface area (Å²) in [6.45, 7) is 2.56. The van der Waals surface area contributed by atoms with Crippen LogP contribution in [0.5, 0.6) is 0 Å². The lowest BCUT2D eigenvalue weighted by atomic mass is 10.2. The summed E-state index contributed by atoms with van der Waals surface area (Å²) in [5.41, 5.74) is 1.03. The first kappa shape index (κ1) is 12.3. The minimum Gasteiger partial charge on any atom is -0.391 e. The molecular weight excluding hydrogens is 357 g/mol. The van der Waals surface area contributed by atoms with Gasteiger partial charge >= 0.3 is 0 Å². The van der Waals surface area contributed by atoms with E-state index in [4.69, 9.17) is 0 Å². The van der Waals surface area contributed by atoms with Gasteiger partial charge in [0.25, 0.3) is 0 Å². The third-order valence-electron chi connectivity index (χ3n) is 1.93. The number of rotatable bonds is 4. The molecule has 1 aromatic rings. The molecule has 0 aliphatic carbocycles. The first-order chi connectivity index (χ1) is 6.63. The van der Waals surface area contributed by atoms with Gasteiger partial charge in [-0.1, -0.05) is 6.92 Å². The third-order valence-corrected chi connectivity index (χ3v) is 3.29. The fraction of sp³-hybridized carbons (Fsp3) is 0.400. The second kappa shape index (κ2) is 5.92.